The number of hydrogen-bond acceptors (Lipinski definition) is 8. The van der Waals surface area contributed by atoms with Gasteiger partial charge < -0.3 is 40.8 Å². The van der Waals surface area contributed by atoms with Gasteiger partial charge in [0.15, 0.2) is 0 Å². The highest BCUT2D eigenvalue weighted by Gasteiger charge is 2.00. The van der Waals surface area contributed by atoms with E-state index >= 15 is 0 Å². The van der Waals surface area contributed by atoms with E-state index in [1.807, 2.05) is 0 Å². The van der Waals surface area contributed by atoms with E-state index in [1.165, 1.54) is 25.7 Å². The largest absolute Gasteiger partial charge is 0.631 e. The van der Waals surface area contributed by atoms with E-state index in [-0.39, 0.29) is 19.3 Å². The van der Waals surface area contributed by atoms with Crippen LogP contribution in [0.1, 0.15) is 90.4 Å². The van der Waals surface area contributed by atoms with Crippen LogP contribution in [0.15, 0.2) is 12.2 Å². The minimum Gasteiger partial charge on any atom is -0.481 e. The van der Waals surface area contributed by atoms with Gasteiger partial charge in [-0.15, -0.1) is 0 Å². The zero-order valence-electron chi connectivity index (χ0n) is 19.9. The number of aliphatic hydroxyl groups is 3. The molecular formula is C22H48BNO8. The van der Waals surface area contributed by atoms with Crippen molar-refractivity contribution in [3.63, 3.8) is 0 Å². The van der Waals surface area contributed by atoms with Crippen LogP contribution in [0.3, 0.4) is 0 Å². The predicted octanol–water partition coefficient (Wildman–Crippen LogP) is 1.59. The van der Waals surface area contributed by atoms with Crippen LogP contribution in [0.2, 0.25) is 0 Å². The van der Waals surface area contributed by atoms with Crippen molar-refractivity contribution < 1.29 is 40.3 Å². The molecule has 1 atom stereocenters. The van der Waals surface area contributed by atoms with Crippen molar-refractivity contribution >= 4 is 13.3 Å². The van der Waals surface area contributed by atoms with Gasteiger partial charge in [0.1, 0.15) is 0 Å². The molecule has 10 heteroatoms. The fraction of sp³-hybridized carbons (Fsp3) is 0.864. The van der Waals surface area contributed by atoms with Crippen LogP contribution in [-0.4, -0.2) is 81.2 Å². The summed E-state index contributed by atoms with van der Waals surface area (Å²) in [6.45, 7) is 3.62. The molecule has 192 valence electrons. The minimum atomic E-state index is -2.17. The van der Waals surface area contributed by atoms with Crippen molar-refractivity contribution in [1.82, 2.24) is 5.32 Å². The van der Waals surface area contributed by atoms with Crippen molar-refractivity contribution in [1.29, 1.82) is 0 Å². The van der Waals surface area contributed by atoms with Crippen molar-refractivity contribution in [2.75, 3.05) is 26.3 Å². The number of nitrogens with one attached hydrogen (secondary N) is 1. The fourth-order valence-electron chi connectivity index (χ4n) is 2.65. The first-order valence-corrected chi connectivity index (χ1v) is 11.8. The molecule has 0 amide bonds. The molecule has 0 radical (unpaired) electrons. The summed E-state index contributed by atoms with van der Waals surface area (Å²) in [6.07, 6.45) is 17.4. The first-order valence-electron chi connectivity index (χ1n) is 11.8. The Kier molecular flexibility index (Phi) is 35.8. The zero-order valence-corrected chi connectivity index (χ0v) is 19.9. The van der Waals surface area contributed by atoms with E-state index in [0.717, 1.165) is 51.4 Å². The van der Waals surface area contributed by atoms with Gasteiger partial charge in [-0.1, -0.05) is 64.0 Å². The molecule has 32 heavy (non-hydrogen) atoms. The first kappa shape index (κ1) is 35.6. The van der Waals surface area contributed by atoms with Gasteiger partial charge in [-0.05, 0) is 32.1 Å². The number of rotatable bonds is 19. The summed E-state index contributed by atoms with van der Waals surface area (Å²) >= 11 is 0. The fourth-order valence-corrected chi connectivity index (χ4v) is 2.65. The highest BCUT2D eigenvalue weighted by Crippen LogP contribution is 2.10. The highest BCUT2D eigenvalue weighted by atomic mass is 16.5. The topological polar surface area (TPSA) is 171 Å². The average molecular weight is 465 g/mol. The van der Waals surface area contributed by atoms with E-state index in [1.54, 1.807) is 0 Å². The molecule has 0 aromatic heterocycles. The van der Waals surface area contributed by atoms with E-state index in [9.17, 15) is 9.90 Å². The quantitative estimate of drug-likeness (QED) is 0.0801. The van der Waals surface area contributed by atoms with Gasteiger partial charge in [-0.3, -0.25) is 4.79 Å². The molecule has 0 spiro atoms. The number of carbonyl (C=O) groups is 1. The average Bonchev–Trinajstić information content (AvgIpc) is 2.73. The molecule has 0 aromatic carbocycles. The molecule has 0 fully saturated rings. The molecule has 8 N–H and O–H groups in total. The molecule has 0 aromatic rings. The maximum atomic E-state index is 10.3. The summed E-state index contributed by atoms with van der Waals surface area (Å²) in [5.74, 6) is -0.689. The third-order valence-electron chi connectivity index (χ3n) is 4.30. The summed E-state index contributed by atoms with van der Waals surface area (Å²) in [6, 6.07) is 0. The predicted molar refractivity (Wildman–Crippen MR) is 128 cm³/mol. The maximum Gasteiger partial charge on any atom is 0.631 e. The lowest BCUT2D eigenvalue weighted by Crippen LogP contribution is -2.21. The molecule has 1 unspecified atom stereocenters. The Morgan fingerprint density at radius 3 is 1.94 bits per heavy atom. The van der Waals surface area contributed by atoms with E-state index in [2.05, 4.69) is 24.4 Å². The van der Waals surface area contributed by atoms with Crippen LogP contribution in [0.5, 0.6) is 0 Å². The Balaban J connectivity index is -0.000000628. The second-order valence-corrected chi connectivity index (χ2v) is 7.45. The van der Waals surface area contributed by atoms with Gasteiger partial charge in [-0.25, -0.2) is 0 Å². The molecule has 0 heterocycles. The Labute approximate surface area is 194 Å². The number of unbranched alkanes of at least 4 members (excludes halogenated alkanes) is 8. The van der Waals surface area contributed by atoms with Gasteiger partial charge >= 0.3 is 13.3 Å². The van der Waals surface area contributed by atoms with Gasteiger partial charge in [0.05, 0.1) is 19.3 Å². The van der Waals surface area contributed by atoms with Crippen molar-refractivity contribution in [3.8, 4) is 0 Å². The van der Waals surface area contributed by atoms with Crippen LogP contribution >= 0.6 is 0 Å². The Bertz CT molecular complexity index is 380. The molecule has 0 aliphatic heterocycles. The van der Waals surface area contributed by atoms with E-state index < -0.39 is 13.3 Å². The van der Waals surface area contributed by atoms with Gasteiger partial charge in [-0.2, -0.15) is 0 Å². The van der Waals surface area contributed by atoms with E-state index in [0.29, 0.717) is 19.5 Å². The molecule has 9 nitrogen and oxygen atoms in total. The van der Waals surface area contributed by atoms with E-state index in [4.69, 9.17) is 30.4 Å². The van der Waals surface area contributed by atoms with Crippen molar-refractivity contribution in [2.24, 2.45) is 0 Å². The Morgan fingerprint density at radius 1 is 0.875 bits per heavy atom. The molecule has 0 bridgehead atoms. The summed E-state index contributed by atoms with van der Waals surface area (Å²) in [4.78, 5) is 10.3. The lowest BCUT2D eigenvalue weighted by molar-refractivity contribution is -0.137. The molecule has 0 saturated heterocycles. The molecule has 0 aliphatic carbocycles. The number of allylic oxidation sites excluding steroid dienone is 1. The van der Waals surface area contributed by atoms with Crippen LogP contribution in [0, 0.1) is 0 Å². The molecule has 0 saturated carbocycles. The number of carboxylic acid groups (broad SMARTS) is 1. The molecule has 0 rings (SSSR count). The number of hydrogen-bond donors (Lipinski definition) is 8. The molecular weight excluding hydrogens is 417 g/mol. The summed E-state index contributed by atoms with van der Waals surface area (Å²) in [5, 5.41) is 58.9. The standard InChI is InChI=1S/C18H34O3.C4H11NO2.BH3O3/c1-2-3-4-11-14-17(19)15-12-9-7-5-6-8-10-13-16-18(20)21;6-3-1-5-2-4-7;2-1(3)4/h9,12,17,19H,2-8,10-11,13-16H2,1H3,(H,20,21);5-7H,1-4H2;2-4H/b12-9-;;. The van der Waals surface area contributed by atoms with Crippen LogP contribution < -0.4 is 5.32 Å². The summed E-state index contributed by atoms with van der Waals surface area (Å²) in [7, 11) is -2.17. The SMILES string of the molecule is CCCCCCC(O)C/C=C\CCCCCCCC(=O)O.OB(O)O.OCCNCCO. The minimum absolute atomic E-state index is 0.139. The monoisotopic (exact) mass is 465 g/mol. The Hall–Kier alpha value is -1.01. The second kappa shape index (κ2) is 32.2. The zero-order chi connectivity index (χ0) is 24.9. The van der Waals surface area contributed by atoms with Gasteiger partial charge in [0.2, 0.25) is 0 Å². The number of carboxylic acids is 1. The second-order valence-electron chi connectivity index (χ2n) is 7.45. The van der Waals surface area contributed by atoms with Crippen LogP contribution in [-0.2, 0) is 4.79 Å². The van der Waals surface area contributed by atoms with Crippen molar-refractivity contribution in [2.45, 2.75) is 96.5 Å². The van der Waals surface area contributed by atoms with Gasteiger partial charge in [0, 0.05) is 19.5 Å². The maximum absolute atomic E-state index is 10.3. The Morgan fingerprint density at radius 2 is 1.41 bits per heavy atom. The lowest BCUT2D eigenvalue weighted by atomic mass is 10.1. The number of aliphatic hydroxyl groups excluding tert-OH is 3. The van der Waals surface area contributed by atoms with Crippen molar-refractivity contribution in [3.05, 3.63) is 12.2 Å². The normalized spacial score (nSPS) is 11.3. The molecule has 0 aliphatic rings. The summed E-state index contributed by atoms with van der Waals surface area (Å²) in [5.41, 5.74) is 0. The number of aliphatic carboxylic acids is 1. The van der Waals surface area contributed by atoms with Crippen LogP contribution in [0.25, 0.3) is 0 Å². The first-order chi connectivity index (χ1) is 15.3. The van der Waals surface area contributed by atoms with Gasteiger partial charge in [0.25, 0.3) is 0 Å². The third-order valence-corrected chi connectivity index (χ3v) is 4.30. The third kappa shape index (κ3) is 47.0. The smallest absolute Gasteiger partial charge is 0.481 e. The lowest BCUT2D eigenvalue weighted by Gasteiger charge is -2.07. The highest BCUT2D eigenvalue weighted by molar-refractivity contribution is 6.30. The summed E-state index contributed by atoms with van der Waals surface area (Å²) < 4.78 is 0. The van der Waals surface area contributed by atoms with Crippen LogP contribution in [0.4, 0.5) is 0 Å².